The number of carbonyl (C=O) groups excluding carboxylic acids is 1. The third kappa shape index (κ3) is 1.57. The molecule has 11 heavy (non-hydrogen) atoms. The van der Waals surface area contributed by atoms with E-state index in [1.165, 1.54) is 11.5 Å². The van der Waals surface area contributed by atoms with Gasteiger partial charge in [-0.2, -0.15) is 0 Å². The molecule has 0 aromatic carbocycles. The number of carbonyl (C=O) groups is 1. The Kier molecular flexibility index (Phi) is 2.24. The molecule has 0 radical (unpaired) electrons. The van der Waals surface area contributed by atoms with Crippen molar-refractivity contribution in [2.45, 2.75) is 20.0 Å². The standard InChI is InChI=1S/C7H12NO3/c1-5(10)8-3-7(4-9)11-6(8)2/h7,9H,3-4H2,1-2H3/q+1. The predicted molar refractivity (Wildman–Crippen MR) is 38.4 cm³/mol. The van der Waals surface area contributed by atoms with Crippen molar-refractivity contribution in [1.82, 2.24) is 0 Å². The molecule has 0 aromatic heterocycles. The van der Waals surface area contributed by atoms with Crippen molar-refractivity contribution < 1.29 is 19.2 Å². The summed E-state index contributed by atoms with van der Waals surface area (Å²) in [4.78, 5) is 10.9. The minimum atomic E-state index is -0.237. The minimum absolute atomic E-state index is 0.0406. The van der Waals surface area contributed by atoms with Crippen LogP contribution in [-0.2, 0) is 9.53 Å². The highest BCUT2D eigenvalue weighted by molar-refractivity contribution is 5.77. The molecule has 1 amide bonds. The Bertz CT molecular complexity index is 210. The lowest BCUT2D eigenvalue weighted by Gasteiger charge is -1.98. The van der Waals surface area contributed by atoms with Gasteiger partial charge in [0.2, 0.25) is 0 Å². The van der Waals surface area contributed by atoms with Crippen molar-refractivity contribution >= 4 is 11.8 Å². The first kappa shape index (κ1) is 8.20. The molecular formula is C7H12NO3+. The second kappa shape index (κ2) is 3.00. The second-order valence-electron chi connectivity index (χ2n) is 2.57. The molecule has 1 aliphatic rings. The summed E-state index contributed by atoms with van der Waals surface area (Å²) in [5, 5.41) is 8.71. The van der Waals surface area contributed by atoms with Gasteiger partial charge in [-0.1, -0.05) is 0 Å². The molecule has 1 N–H and O–H groups in total. The second-order valence-corrected chi connectivity index (χ2v) is 2.57. The average molecular weight is 158 g/mol. The molecule has 1 atom stereocenters. The highest BCUT2D eigenvalue weighted by Gasteiger charge is 2.32. The van der Waals surface area contributed by atoms with Crippen LogP contribution < -0.4 is 0 Å². The first-order chi connectivity index (χ1) is 5.15. The first-order valence-corrected chi connectivity index (χ1v) is 3.54. The van der Waals surface area contributed by atoms with Gasteiger partial charge in [0.1, 0.15) is 0 Å². The summed E-state index contributed by atoms with van der Waals surface area (Å²) in [6, 6.07) is 0. The Hall–Kier alpha value is -0.900. The molecule has 1 unspecified atom stereocenters. The summed E-state index contributed by atoms with van der Waals surface area (Å²) < 4.78 is 6.67. The zero-order chi connectivity index (χ0) is 8.43. The molecule has 1 heterocycles. The lowest BCUT2D eigenvalue weighted by atomic mass is 10.4. The number of rotatable bonds is 1. The molecule has 0 spiro atoms. The lowest BCUT2D eigenvalue weighted by molar-refractivity contribution is -0.441. The smallest absolute Gasteiger partial charge is 0.386 e. The van der Waals surface area contributed by atoms with Gasteiger partial charge in [-0.25, -0.2) is 4.79 Å². The molecule has 4 nitrogen and oxygen atoms in total. The molecular weight excluding hydrogens is 146 g/mol. The van der Waals surface area contributed by atoms with E-state index in [1.54, 1.807) is 6.92 Å². The SMILES string of the molecule is CC(=O)[N+]1=C(C)OC(CO)C1. The highest BCUT2D eigenvalue weighted by Crippen LogP contribution is 2.03. The van der Waals surface area contributed by atoms with Crippen molar-refractivity contribution in [2.24, 2.45) is 0 Å². The summed E-state index contributed by atoms with van der Waals surface area (Å²) >= 11 is 0. The van der Waals surface area contributed by atoms with Gasteiger partial charge in [-0.05, 0) is 0 Å². The van der Waals surface area contributed by atoms with E-state index in [1.807, 2.05) is 0 Å². The quantitative estimate of drug-likeness (QED) is 0.516. The molecule has 0 bridgehead atoms. The van der Waals surface area contributed by atoms with E-state index < -0.39 is 0 Å². The van der Waals surface area contributed by atoms with Gasteiger partial charge < -0.3 is 9.84 Å². The molecule has 0 fully saturated rings. The number of aliphatic hydroxyl groups excluding tert-OH is 1. The van der Waals surface area contributed by atoms with Crippen molar-refractivity contribution in [3.05, 3.63) is 0 Å². The molecule has 0 aromatic rings. The van der Waals surface area contributed by atoms with Gasteiger partial charge in [-0.15, -0.1) is 4.58 Å². The van der Waals surface area contributed by atoms with Crippen LogP contribution >= 0.6 is 0 Å². The van der Waals surface area contributed by atoms with Crippen LogP contribution in [0.15, 0.2) is 0 Å². The van der Waals surface area contributed by atoms with E-state index in [2.05, 4.69) is 0 Å². The number of nitrogens with zero attached hydrogens (tertiary/aromatic N) is 1. The maximum absolute atomic E-state index is 10.9. The monoisotopic (exact) mass is 158 g/mol. The predicted octanol–water partition coefficient (Wildman–Crippen LogP) is -0.645. The fraction of sp³-hybridized carbons (Fsp3) is 0.714. The van der Waals surface area contributed by atoms with Crippen LogP contribution in [0.3, 0.4) is 0 Å². The molecule has 1 aliphatic heterocycles. The minimum Gasteiger partial charge on any atom is -0.435 e. The van der Waals surface area contributed by atoms with Crippen LogP contribution in [0, 0.1) is 0 Å². The molecule has 0 saturated heterocycles. The Balaban J connectivity index is 2.67. The van der Waals surface area contributed by atoms with Crippen LogP contribution in [0.1, 0.15) is 13.8 Å². The first-order valence-electron chi connectivity index (χ1n) is 3.54. The highest BCUT2D eigenvalue weighted by atomic mass is 16.5. The van der Waals surface area contributed by atoms with Crippen LogP contribution in [0.4, 0.5) is 0 Å². The number of hydrogen-bond donors (Lipinski definition) is 1. The van der Waals surface area contributed by atoms with Gasteiger partial charge in [0.25, 0.3) is 0 Å². The lowest BCUT2D eigenvalue weighted by Crippen LogP contribution is -2.23. The van der Waals surface area contributed by atoms with E-state index >= 15 is 0 Å². The van der Waals surface area contributed by atoms with Crippen molar-refractivity contribution in [1.29, 1.82) is 0 Å². The fourth-order valence-electron chi connectivity index (χ4n) is 1.12. The van der Waals surface area contributed by atoms with Crippen molar-refractivity contribution in [2.75, 3.05) is 13.2 Å². The normalized spacial score (nSPS) is 23.7. The average Bonchev–Trinajstić information content (AvgIpc) is 2.30. The molecule has 1 rings (SSSR count). The third-order valence-corrected chi connectivity index (χ3v) is 1.69. The number of amides is 1. The maximum atomic E-state index is 10.9. The van der Waals surface area contributed by atoms with E-state index in [0.717, 1.165) is 0 Å². The maximum Gasteiger partial charge on any atom is 0.386 e. The summed E-state index contributed by atoms with van der Waals surface area (Å²) in [5.74, 6) is 0.537. The molecule has 62 valence electrons. The largest absolute Gasteiger partial charge is 0.435 e. The Morgan fingerprint density at radius 1 is 1.91 bits per heavy atom. The molecule has 4 heteroatoms. The topological polar surface area (TPSA) is 49.5 Å². The number of ether oxygens (including phenoxy) is 1. The van der Waals surface area contributed by atoms with E-state index in [4.69, 9.17) is 9.84 Å². The summed E-state index contributed by atoms with van der Waals surface area (Å²) in [7, 11) is 0. The van der Waals surface area contributed by atoms with Crippen LogP contribution in [0.5, 0.6) is 0 Å². The zero-order valence-electron chi connectivity index (χ0n) is 6.70. The van der Waals surface area contributed by atoms with Crippen molar-refractivity contribution in [3.63, 3.8) is 0 Å². The number of aliphatic hydroxyl groups is 1. The zero-order valence-corrected chi connectivity index (χ0v) is 6.70. The third-order valence-electron chi connectivity index (χ3n) is 1.69. The van der Waals surface area contributed by atoms with Crippen molar-refractivity contribution in [3.8, 4) is 0 Å². The van der Waals surface area contributed by atoms with Crippen LogP contribution in [0.25, 0.3) is 0 Å². The van der Waals surface area contributed by atoms with Gasteiger partial charge in [-0.3, -0.25) is 0 Å². The van der Waals surface area contributed by atoms with E-state index in [9.17, 15) is 4.79 Å². The summed E-state index contributed by atoms with van der Waals surface area (Å²) in [6.45, 7) is 3.63. The van der Waals surface area contributed by atoms with E-state index in [0.29, 0.717) is 12.4 Å². The fourth-order valence-corrected chi connectivity index (χ4v) is 1.12. The molecule has 0 saturated carbocycles. The van der Waals surface area contributed by atoms with Gasteiger partial charge >= 0.3 is 11.8 Å². The van der Waals surface area contributed by atoms with Gasteiger partial charge in [0, 0.05) is 0 Å². The van der Waals surface area contributed by atoms with Gasteiger partial charge in [0.15, 0.2) is 12.6 Å². The number of hydrogen-bond acceptors (Lipinski definition) is 3. The summed E-state index contributed by atoms with van der Waals surface area (Å²) in [5.41, 5.74) is 0. The van der Waals surface area contributed by atoms with Crippen LogP contribution in [0.2, 0.25) is 0 Å². The Morgan fingerprint density at radius 2 is 2.55 bits per heavy atom. The van der Waals surface area contributed by atoms with Crippen LogP contribution in [-0.4, -0.2) is 40.7 Å². The summed E-state index contributed by atoms with van der Waals surface area (Å²) in [6.07, 6.45) is -0.237. The Morgan fingerprint density at radius 3 is 2.82 bits per heavy atom. The van der Waals surface area contributed by atoms with E-state index in [-0.39, 0.29) is 18.6 Å². The van der Waals surface area contributed by atoms with Gasteiger partial charge in [0.05, 0.1) is 20.5 Å². The molecule has 0 aliphatic carbocycles. The Labute approximate surface area is 65.1 Å².